The number of benzene rings is 1. The number of likely N-dealkylation sites (tertiary alicyclic amines) is 1. The van der Waals surface area contributed by atoms with Crippen LogP contribution in [-0.4, -0.2) is 177 Å². The standard InChI is InChI=1S/C53H85N11O15S/c1-11-30(8)44(52(77)64-19-12-13-39(64)50(75)61-37(22-28(4)5)48(73)62-43(29(6)7)51(76)56-25-40(66)57-31(9)53(78)79)63-49(74)38(23-32-14-16-33(65)17-15-32)58-41(67)26-55-46(71)35(18-20-80-10)59-47(72)36(21-27(2)3)60-45(70)34(54)24-42(68)69/h14-17,27-31,34-39,43-44,65H,11-13,18-26,54H2,1-10H3,(H,55,71)(H,56,76)(H,57,66)(H,58,67)(H,59,72)(H,60,70)(H,61,75)(H,62,73)(H,63,74)(H,68,69)(H,78,79)/t30-,31-,34-,35-,36-,37-,38-,39-,43-,44-/m0/s1. The number of nitrogens with one attached hydrogen (secondary N) is 9. The summed E-state index contributed by atoms with van der Waals surface area (Å²) >= 11 is 1.38. The zero-order valence-corrected chi connectivity index (χ0v) is 48.3. The van der Waals surface area contributed by atoms with Crippen molar-refractivity contribution < 1.29 is 72.9 Å². The zero-order chi connectivity index (χ0) is 60.6. The van der Waals surface area contributed by atoms with E-state index in [4.69, 9.17) is 15.9 Å². The van der Waals surface area contributed by atoms with Gasteiger partial charge in [0, 0.05) is 13.0 Å². The summed E-state index contributed by atoms with van der Waals surface area (Å²) in [5.74, 6) is -11.0. The molecule has 448 valence electrons. The lowest BCUT2D eigenvalue weighted by Gasteiger charge is -2.33. The summed E-state index contributed by atoms with van der Waals surface area (Å²) in [7, 11) is 0. The number of phenols is 1. The molecule has 1 aromatic rings. The Bertz CT molecular complexity index is 2320. The fourth-order valence-corrected chi connectivity index (χ4v) is 8.93. The van der Waals surface area contributed by atoms with Crippen molar-refractivity contribution in [3.8, 4) is 5.75 Å². The zero-order valence-electron chi connectivity index (χ0n) is 47.5. The highest BCUT2D eigenvalue weighted by Crippen LogP contribution is 2.23. The summed E-state index contributed by atoms with van der Waals surface area (Å²) in [6.07, 6.45) is 2.30. The minimum atomic E-state index is -1.44. The van der Waals surface area contributed by atoms with E-state index in [-0.39, 0.29) is 56.2 Å². The molecule has 1 heterocycles. The first-order chi connectivity index (χ1) is 37.5. The Labute approximate surface area is 471 Å². The second kappa shape index (κ2) is 34.2. The second-order valence-electron chi connectivity index (χ2n) is 21.3. The van der Waals surface area contributed by atoms with Crippen LogP contribution in [0.3, 0.4) is 0 Å². The number of nitrogens with zero attached hydrogens (tertiary/aromatic N) is 1. The molecular formula is C53H85N11O15S. The fourth-order valence-electron chi connectivity index (χ4n) is 8.46. The van der Waals surface area contributed by atoms with Crippen molar-refractivity contribution in [2.24, 2.45) is 29.4 Å². The van der Waals surface area contributed by atoms with Gasteiger partial charge in [0.1, 0.15) is 54.1 Å². The Morgan fingerprint density at radius 3 is 1.71 bits per heavy atom. The normalized spacial score (nSPS) is 16.5. The van der Waals surface area contributed by atoms with E-state index in [1.165, 1.54) is 47.9 Å². The van der Waals surface area contributed by atoms with Crippen LogP contribution in [0.2, 0.25) is 0 Å². The van der Waals surface area contributed by atoms with Crippen molar-refractivity contribution in [2.75, 3.05) is 31.6 Å². The van der Waals surface area contributed by atoms with Crippen molar-refractivity contribution >= 4 is 82.8 Å². The van der Waals surface area contributed by atoms with Gasteiger partial charge in [-0.1, -0.05) is 73.9 Å². The summed E-state index contributed by atoms with van der Waals surface area (Å²) in [6, 6.07) is -5.22. The van der Waals surface area contributed by atoms with Crippen LogP contribution < -0.4 is 53.6 Å². The minimum Gasteiger partial charge on any atom is -0.508 e. The Morgan fingerprint density at radius 1 is 0.650 bits per heavy atom. The number of hydrogen-bond acceptors (Lipinski definition) is 15. The van der Waals surface area contributed by atoms with Gasteiger partial charge in [-0.25, -0.2) is 0 Å². The van der Waals surface area contributed by atoms with Crippen LogP contribution in [0.4, 0.5) is 0 Å². The second-order valence-corrected chi connectivity index (χ2v) is 22.3. The van der Waals surface area contributed by atoms with E-state index in [0.29, 0.717) is 24.2 Å². The quantitative estimate of drug-likeness (QED) is 0.0394. The lowest BCUT2D eigenvalue weighted by Crippen LogP contribution is -2.60. The molecule has 0 aliphatic carbocycles. The number of thioether (sulfide) groups is 1. The van der Waals surface area contributed by atoms with Gasteiger partial charge in [-0.15, -0.1) is 0 Å². The monoisotopic (exact) mass is 1150 g/mol. The number of carbonyl (C=O) groups excluding carboxylic acids is 10. The molecule has 1 aliphatic heterocycles. The van der Waals surface area contributed by atoms with Gasteiger partial charge in [-0.05, 0) is 92.4 Å². The van der Waals surface area contributed by atoms with E-state index >= 15 is 0 Å². The number of rotatable bonds is 34. The minimum absolute atomic E-state index is 0.0658. The lowest BCUT2D eigenvalue weighted by molar-refractivity contribution is -0.143. The van der Waals surface area contributed by atoms with Crippen LogP contribution in [0.1, 0.15) is 113 Å². The van der Waals surface area contributed by atoms with Gasteiger partial charge in [0.25, 0.3) is 0 Å². The van der Waals surface area contributed by atoms with E-state index in [1.807, 2.05) is 13.8 Å². The smallest absolute Gasteiger partial charge is 0.325 e. The molecule has 80 heavy (non-hydrogen) atoms. The third-order valence-electron chi connectivity index (χ3n) is 13.1. The number of phenolic OH excluding ortho intramolecular Hbond substituents is 1. The predicted octanol–water partition coefficient (Wildman–Crippen LogP) is -0.994. The molecule has 10 atom stereocenters. The molecule has 27 heteroatoms. The van der Waals surface area contributed by atoms with Gasteiger partial charge in [0.05, 0.1) is 25.6 Å². The third kappa shape index (κ3) is 23.7. The van der Waals surface area contributed by atoms with E-state index in [0.717, 1.165) is 0 Å². The first kappa shape index (κ1) is 69.1. The lowest BCUT2D eigenvalue weighted by atomic mass is 9.96. The van der Waals surface area contributed by atoms with Crippen LogP contribution >= 0.6 is 11.8 Å². The SMILES string of the molecule is CC[C@H](C)[C@H](NC(=O)[C@H](Cc1ccc(O)cc1)NC(=O)CNC(=O)[C@H](CCSC)NC(=O)[C@H](CC(C)C)NC(=O)[C@@H](N)CC(=O)O)C(=O)N1CCC[C@H]1C(=O)N[C@@H](CC(C)C)C(=O)N[C@H](C(=O)NCC(=O)N[C@@H](C)C(=O)O)C(C)C. The molecule has 0 bridgehead atoms. The molecule has 1 aromatic carbocycles. The Morgan fingerprint density at radius 2 is 1.18 bits per heavy atom. The number of aliphatic carboxylic acids is 2. The topological polar surface area (TPSA) is 403 Å². The van der Waals surface area contributed by atoms with E-state index < -0.39 is 157 Å². The maximum Gasteiger partial charge on any atom is 0.325 e. The number of hydrogen-bond donors (Lipinski definition) is 13. The number of amides is 10. The van der Waals surface area contributed by atoms with E-state index in [9.17, 15) is 62.6 Å². The average molecular weight is 1150 g/mol. The summed E-state index contributed by atoms with van der Waals surface area (Å²) < 4.78 is 0. The van der Waals surface area contributed by atoms with Crippen LogP contribution in [0.25, 0.3) is 0 Å². The molecule has 0 saturated carbocycles. The molecule has 0 radical (unpaired) electrons. The Hall–Kier alpha value is -7.03. The van der Waals surface area contributed by atoms with Crippen molar-refractivity contribution in [2.45, 2.75) is 168 Å². The van der Waals surface area contributed by atoms with E-state index in [1.54, 1.807) is 47.8 Å². The maximum absolute atomic E-state index is 14.6. The highest BCUT2D eigenvalue weighted by Gasteiger charge is 2.42. The fraction of sp³-hybridized carbons (Fsp3) is 0.660. The summed E-state index contributed by atoms with van der Waals surface area (Å²) in [5.41, 5.74) is 6.22. The van der Waals surface area contributed by atoms with Crippen molar-refractivity contribution in [3.63, 3.8) is 0 Å². The highest BCUT2D eigenvalue weighted by atomic mass is 32.2. The Kier molecular flexibility index (Phi) is 29.5. The van der Waals surface area contributed by atoms with Crippen LogP contribution in [0.15, 0.2) is 24.3 Å². The Balaban J connectivity index is 2.33. The summed E-state index contributed by atoms with van der Waals surface area (Å²) in [4.78, 5) is 160. The maximum atomic E-state index is 14.6. The highest BCUT2D eigenvalue weighted by molar-refractivity contribution is 7.98. The van der Waals surface area contributed by atoms with Gasteiger partial charge in [0.2, 0.25) is 59.1 Å². The largest absolute Gasteiger partial charge is 0.508 e. The van der Waals surface area contributed by atoms with Crippen LogP contribution in [0.5, 0.6) is 5.75 Å². The van der Waals surface area contributed by atoms with Gasteiger partial charge >= 0.3 is 11.9 Å². The summed E-state index contributed by atoms with van der Waals surface area (Å²) in [6.45, 7) is 14.2. The third-order valence-corrected chi connectivity index (χ3v) is 13.8. The van der Waals surface area contributed by atoms with Gasteiger partial charge in [-0.2, -0.15) is 11.8 Å². The molecule has 26 nitrogen and oxygen atoms in total. The molecule has 0 unspecified atom stereocenters. The number of aromatic hydroxyl groups is 1. The first-order valence-corrected chi connectivity index (χ1v) is 28.3. The molecule has 1 fully saturated rings. The number of nitrogens with two attached hydrogens (primary N) is 1. The predicted molar refractivity (Wildman–Crippen MR) is 296 cm³/mol. The molecule has 0 aromatic heterocycles. The molecule has 1 saturated heterocycles. The van der Waals surface area contributed by atoms with Crippen LogP contribution in [-0.2, 0) is 64.0 Å². The van der Waals surface area contributed by atoms with Gasteiger partial charge in [-0.3, -0.25) is 57.5 Å². The average Bonchev–Trinajstić information content (AvgIpc) is 3.88. The number of carboxylic acid groups (broad SMARTS) is 2. The molecule has 2 rings (SSSR count). The van der Waals surface area contributed by atoms with Gasteiger partial charge in [0.15, 0.2) is 0 Å². The molecule has 1 aliphatic rings. The molecular weight excluding hydrogens is 1060 g/mol. The van der Waals surface area contributed by atoms with Crippen molar-refractivity contribution in [3.05, 3.63) is 29.8 Å². The van der Waals surface area contributed by atoms with E-state index in [2.05, 4.69) is 47.9 Å². The molecule has 14 N–H and O–H groups in total. The number of carbonyl (C=O) groups is 12. The summed E-state index contributed by atoms with van der Waals surface area (Å²) in [5, 5.41) is 51.2. The first-order valence-electron chi connectivity index (χ1n) is 26.9. The molecule has 10 amide bonds. The van der Waals surface area contributed by atoms with Gasteiger partial charge < -0.3 is 73.8 Å². The van der Waals surface area contributed by atoms with Crippen molar-refractivity contribution in [1.82, 2.24) is 52.8 Å². The molecule has 0 spiro atoms. The van der Waals surface area contributed by atoms with Crippen LogP contribution in [0, 0.1) is 23.7 Å². The number of carboxylic acids is 2. The van der Waals surface area contributed by atoms with Crippen molar-refractivity contribution in [1.29, 1.82) is 0 Å².